The molecule has 0 aliphatic heterocycles. The van der Waals surface area contributed by atoms with Crippen molar-refractivity contribution < 1.29 is 23.9 Å². The standard InChI is InChI=1S/C35H35N3O5S/c1-22-11-18-30(23(2)19-22)37-33(39)24(3)44-29-16-13-27(14-17-29)36-35(41)31(38-34(40)25-9-7-6-8-10-25)20-26-12-15-28(42-4)21-32(26)43-5/h6-21,24H,1-5H3,(H,36,41)(H,37,39)(H,38,40)/b31-20-. The van der Waals surface area contributed by atoms with Gasteiger partial charge in [0.1, 0.15) is 17.2 Å². The number of hydrogen-bond acceptors (Lipinski definition) is 6. The van der Waals surface area contributed by atoms with Crippen LogP contribution in [0.5, 0.6) is 11.5 Å². The summed E-state index contributed by atoms with van der Waals surface area (Å²) in [5.41, 5.74) is 4.47. The molecule has 3 amide bonds. The third-order valence-corrected chi connectivity index (χ3v) is 7.82. The molecule has 0 aliphatic rings. The molecule has 0 bridgehead atoms. The van der Waals surface area contributed by atoms with E-state index in [2.05, 4.69) is 16.0 Å². The van der Waals surface area contributed by atoms with Crippen LogP contribution in [0.1, 0.15) is 34.0 Å². The SMILES string of the molecule is COc1ccc(/C=C(\NC(=O)c2ccccc2)C(=O)Nc2ccc(SC(C)C(=O)Nc3ccc(C)cc3C)cc2)c(OC)c1. The van der Waals surface area contributed by atoms with Crippen LogP contribution in [0.15, 0.2) is 102 Å². The Bertz CT molecular complexity index is 1670. The van der Waals surface area contributed by atoms with Crippen LogP contribution in [0.25, 0.3) is 6.08 Å². The lowest BCUT2D eigenvalue weighted by atomic mass is 10.1. The number of carbonyl (C=O) groups excluding carboxylic acids is 3. The van der Waals surface area contributed by atoms with Gasteiger partial charge >= 0.3 is 0 Å². The highest BCUT2D eigenvalue weighted by Gasteiger charge is 2.18. The van der Waals surface area contributed by atoms with Gasteiger partial charge in [-0.15, -0.1) is 11.8 Å². The second kappa shape index (κ2) is 14.9. The molecule has 0 saturated heterocycles. The summed E-state index contributed by atoms with van der Waals surface area (Å²) in [6.45, 7) is 5.83. The van der Waals surface area contributed by atoms with Gasteiger partial charge in [0, 0.05) is 33.5 Å². The van der Waals surface area contributed by atoms with Crippen LogP contribution in [0.4, 0.5) is 11.4 Å². The minimum Gasteiger partial charge on any atom is -0.497 e. The number of thioether (sulfide) groups is 1. The van der Waals surface area contributed by atoms with Gasteiger partial charge in [0.25, 0.3) is 11.8 Å². The second-order valence-corrected chi connectivity index (χ2v) is 11.4. The Hall–Kier alpha value is -5.02. The maximum absolute atomic E-state index is 13.5. The van der Waals surface area contributed by atoms with Gasteiger partial charge in [-0.1, -0.05) is 35.9 Å². The number of amides is 3. The topological polar surface area (TPSA) is 106 Å². The molecule has 4 aromatic rings. The summed E-state index contributed by atoms with van der Waals surface area (Å²) in [5, 5.41) is 8.23. The first-order valence-corrected chi connectivity index (χ1v) is 14.8. The molecule has 44 heavy (non-hydrogen) atoms. The fourth-order valence-corrected chi connectivity index (χ4v) is 5.16. The van der Waals surface area contributed by atoms with Crippen molar-refractivity contribution in [2.75, 3.05) is 24.9 Å². The summed E-state index contributed by atoms with van der Waals surface area (Å²) in [4.78, 5) is 40.1. The number of benzene rings is 4. The Morgan fingerprint density at radius 2 is 1.55 bits per heavy atom. The van der Waals surface area contributed by atoms with E-state index in [1.165, 1.54) is 18.9 Å². The molecule has 3 N–H and O–H groups in total. The zero-order valence-corrected chi connectivity index (χ0v) is 26.1. The van der Waals surface area contributed by atoms with E-state index in [9.17, 15) is 14.4 Å². The molecular weight excluding hydrogens is 574 g/mol. The minimum absolute atomic E-state index is 0.0254. The monoisotopic (exact) mass is 609 g/mol. The first-order chi connectivity index (χ1) is 21.2. The fraction of sp³-hybridized carbons (Fsp3) is 0.171. The van der Waals surface area contributed by atoms with Gasteiger partial charge in [-0.05, 0) is 87.0 Å². The first kappa shape index (κ1) is 31.9. The van der Waals surface area contributed by atoms with Gasteiger partial charge in [-0.25, -0.2) is 0 Å². The van der Waals surface area contributed by atoms with Crippen molar-refractivity contribution in [2.45, 2.75) is 30.9 Å². The molecule has 0 saturated carbocycles. The lowest BCUT2D eigenvalue weighted by Gasteiger charge is -2.15. The highest BCUT2D eigenvalue weighted by molar-refractivity contribution is 8.00. The number of hydrogen-bond donors (Lipinski definition) is 3. The van der Waals surface area contributed by atoms with E-state index in [1.807, 2.05) is 57.2 Å². The Balaban J connectivity index is 1.48. The second-order valence-electron chi connectivity index (χ2n) is 10.0. The molecule has 4 aromatic carbocycles. The molecule has 0 radical (unpaired) electrons. The predicted molar refractivity (Wildman–Crippen MR) is 176 cm³/mol. The van der Waals surface area contributed by atoms with Gasteiger partial charge in [-0.3, -0.25) is 14.4 Å². The molecule has 0 heterocycles. The number of methoxy groups -OCH3 is 2. The number of ether oxygens (including phenoxy) is 2. The first-order valence-electron chi connectivity index (χ1n) is 13.9. The molecule has 4 rings (SSSR count). The van der Waals surface area contributed by atoms with Crippen LogP contribution in [0.2, 0.25) is 0 Å². The third kappa shape index (κ3) is 8.52. The quantitative estimate of drug-likeness (QED) is 0.127. The summed E-state index contributed by atoms with van der Waals surface area (Å²) in [6.07, 6.45) is 1.55. The van der Waals surface area contributed by atoms with E-state index in [-0.39, 0.29) is 16.9 Å². The highest BCUT2D eigenvalue weighted by atomic mass is 32.2. The number of nitrogens with one attached hydrogen (secondary N) is 3. The van der Waals surface area contributed by atoms with E-state index in [0.29, 0.717) is 28.3 Å². The molecular formula is C35H35N3O5S. The zero-order valence-electron chi connectivity index (χ0n) is 25.3. The van der Waals surface area contributed by atoms with Gasteiger partial charge in [0.05, 0.1) is 19.5 Å². The zero-order chi connectivity index (χ0) is 31.6. The Kier molecular flexibility index (Phi) is 10.8. The van der Waals surface area contributed by atoms with E-state index in [1.54, 1.807) is 67.8 Å². The summed E-state index contributed by atoms with van der Waals surface area (Å²) < 4.78 is 10.8. The van der Waals surface area contributed by atoms with Crippen molar-refractivity contribution in [1.29, 1.82) is 0 Å². The molecule has 1 unspecified atom stereocenters. The third-order valence-electron chi connectivity index (χ3n) is 6.70. The molecule has 0 spiro atoms. The van der Waals surface area contributed by atoms with Crippen LogP contribution in [-0.2, 0) is 9.59 Å². The van der Waals surface area contributed by atoms with Crippen LogP contribution in [0, 0.1) is 13.8 Å². The van der Waals surface area contributed by atoms with Crippen molar-refractivity contribution in [1.82, 2.24) is 5.32 Å². The van der Waals surface area contributed by atoms with Crippen LogP contribution in [-0.4, -0.2) is 37.2 Å². The Morgan fingerprint density at radius 1 is 0.818 bits per heavy atom. The summed E-state index contributed by atoms with van der Waals surface area (Å²) in [6, 6.07) is 26.9. The molecule has 8 nitrogen and oxygen atoms in total. The van der Waals surface area contributed by atoms with E-state index >= 15 is 0 Å². The van der Waals surface area contributed by atoms with Crippen molar-refractivity contribution in [3.63, 3.8) is 0 Å². The summed E-state index contributed by atoms with van der Waals surface area (Å²) in [5.74, 6) is 0.0133. The van der Waals surface area contributed by atoms with Gasteiger partial charge in [0.2, 0.25) is 5.91 Å². The normalized spacial score (nSPS) is 11.7. The number of rotatable bonds is 11. The number of anilines is 2. The lowest BCUT2D eigenvalue weighted by Crippen LogP contribution is -2.30. The maximum atomic E-state index is 13.5. The van der Waals surface area contributed by atoms with Crippen molar-refractivity contribution >= 4 is 46.9 Å². The highest BCUT2D eigenvalue weighted by Crippen LogP contribution is 2.28. The van der Waals surface area contributed by atoms with Crippen molar-refractivity contribution in [3.05, 3.63) is 119 Å². The van der Waals surface area contributed by atoms with Gasteiger partial charge < -0.3 is 25.4 Å². The van der Waals surface area contributed by atoms with E-state index in [4.69, 9.17) is 9.47 Å². The molecule has 9 heteroatoms. The largest absolute Gasteiger partial charge is 0.497 e. The van der Waals surface area contributed by atoms with E-state index in [0.717, 1.165) is 21.7 Å². The molecule has 0 fully saturated rings. The molecule has 0 aromatic heterocycles. The Labute approximate surface area is 261 Å². The maximum Gasteiger partial charge on any atom is 0.272 e. The average molecular weight is 610 g/mol. The van der Waals surface area contributed by atoms with E-state index < -0.39 is 11.8 Å². The van der Waals surface area contributed by atoms with Crippen molar-refractivity contribution in [2.24, 2.45) is 0 Å². The van der Waals surface area contributed by atoms with Crippen LogP contribution in [0.3, 0.4) is 0 Å². The smallest absolute Gasteiger partial charge is 0.272 e. The van der Waals surface area contributed by atoms with Gasteiger partial charge in [-0.2, -0.15) is 0 Å². The van der Waals surface area contributed by atoms with Crippen LogP contribution < -0.4 is 25.4 Å². The molecule has 0 aliphatic carbocycles. The van der Waals surface area contributed by atoms with Crippen LogP contribution >= 0.6 is 11.8 Å². The molecule has 1 atom stereocenters. The minimum atomic E-state index is -0.520. The average Bonchev–Trinajstić information content (AvgIpc) is 3.03. The molecule has 226 valence electrons. The lowest BCUT2D eigenvalue weighted by molar-refractivity contribution is -0.115. The predicted octanol–water partition coefficient (Wildman–Crippen LogP) is 6.85. The Morgan fingerprint density at radius 3 is 2.20 bits per heavy atom. The number of carbonyl (C=O) groups is 3. The van der Waals surface area contributed by atoms with Crippen molar-refractivity contribution in [3.8, 4) is 11.5 Å². The fourth-order valence-electron chi connectivity index (χ4n) is 4.30. The number of aryl methyl sites for hydroxylation is 2. The van der Waals surface area contributed by atoms with Gasteiger partial charge in [0.15, 0.2) is 0 Å². The summed E-state index contributed by atoms with van der Waals surface area (Å²) >= 11 is 1.41. The summed E-state index contributed by atoms with van der Waals surface area (Å²) in [7, 11) is 3.07.